The van der Waals surface area contributed by atoms with Gasteiger partial charge >= 0.3 is 0 Å². The van der Waals surface area contributed by atoms with Crippen molar-refractivity contribution in [2.75, 3.05) is 0 Å². The van der Waals surface area contributed by atoms with Crippen LogP contribution in [0.25, 0.3) is 0 Å². The Labute approximate surface area is 129 Å². The van der Waals surface area contributed by atoms with E-state index in [0.29, 0.717) is 12.0 Å². The molecule has 116 valence electrons. The Morgan fingerprint density at radius 1 is 1.10 bits per heavy atom. The molecule has 21 heavy (non-hydrogen) atoms. The number of rotatable bonds is 5. The van der Waals surface area contributed by atoms with Gasteiger partial charge in [0.05, 0.1) is 5.92 Å². The van der Waals surface area contributed by atoms with Crippen LogP contribution in [0.1, 0.15) is 69.9 Å². The maximum atomic E-state index is 12.4. The van der Waals surface area contributed by atoms with Crippen LogP contribution in [-0.2, 0) is 11.2 Å². The van der Waals surface area contributed by atoms with Crippen molar-refractivity contribution in [3.63, 3.8) is 0 Å². The lowest BCUT2D eigenvalue weighted by atomic mass is 9.93. The van der Waals surface area contributed by atoms with Crippen LogP contribution in [0.2, 0.25) is 0 Å². The summed E-state index contributed by atoms with van der Waals surface area (Å²) in [6.45, 7) is 6.47. The quantitative estimate of drug-likeness (QED) is 0.852. The molecule has 2 heteroatoms. The standard InChI is InChI=1S/C19H29NO/c1-14(2)13-16-9-11-17(12-10-16)15(3)19(21)20-18-7-5-4-6-8-18/h9-12,14-15,18H,4-8,13H2,1-3H3,(H,20,21)/t15-/m1/s1. The first-order valence-corrected chi connectivity index (χ1v) is 8.45. The maximum absolute atomic E-state index is 12.4. The molecule has 0 bridgehead atoms. The van der Waals surface area contributed by atoms with E-state index in [2.05, 4.69) is 43.4 Å². The summed E-state index contributed by atoms with van der Waals surface area (Å²) in [5.74, 6) is 0.793. The molecule has 0 aliphatic heterocycles. The Morgan fingerprint density at radius 2 is 1.71 bits per heavy atom. The largest absolute Gasteiger partial charge is 0.353 e. The van der Waals surface area contributed by atoms with Crippen molar-refractivity contribution in [2.45, 2.75) is 71.3 Å². The summed E-state index contributed by atoms with van der Waals surface area (Å²) in [4.78, 5) is 12.4. The molecule has 1 fully saturated rings. The fourth-order valence-corrected chi connectivity index (χ4v) is 3.14. The van der Waals surface area contributed by atoms with Gasteiger partial charge in [0.1, 0.15) is 0 Å². The third-order valence-electron chi connectivity index (χ3n) is 4.47. The van der Waals surface area contributed by atoms with Crippen molar-refractivity contribution < 1.29 is 4.79 Å². The highest BCUT2D eigenvalue weighted by molar-refractivity contribution is 5.83. The number of benzene rings is 1. The van der Waals surface area contributed by atoms with Crippen LogP contribution >= 0.6 is 0 Å². The molecule has 0 radical (unpaired) electrons. The Hall–Kier alpha value is -1.31. The molecule has 0 saturated heterocycles. The Bertz CT molecular complexity index is 443. The van der Waals surface area contributed by atoms with Crippen LogP contribution in [0.4, 0.5) is 0 Å². The molecule has 1 aromatic rings. The topological polar surface area (TPSA) is 29.1 Å². The number of amides is 1. The van der Waals surface area contributed by atoms with Gasteiger partial charge in [0.15, 0.2) is 0 Å². The van der Waals surface area contributed by atoms with Crippen LogP contribution in [-0.4, -0.2) is 11.9 Å². The average molecular weight is 287 g/mol. The summed E-state index contributed by atoms with van der Waals surface area (Å²) in [6.07, 6.45) is 7.21. The van der Waals surface area contributed by atoms with Crippen molar-refractivity contribution in [3.05, 3.63) is 35.4 Å². The van der Waals surface area contributed by atoms with E-state index < -0.39 is 0 Å². The van der Waals surface area contributed by atoms with Crippen molar-refractivity contribution >= 4 is 5.91 Å². The van der Waals surface area contributed by atoms with E-state index in [1.165, 1.54) is 24.8 Å². The summed E-state index contributed by atoms with van der Waals surface area (Å²) in [5, 5.41) is 3.22. The van der Waals surface area contributed by atoms with Gasteiger partial charge in [-0.15, -0.1) is 0 Å². The number of carbonyl (C=O) groups is 1. The Morgan fingerprint density at radius 3 is 2.29 bits per heavy atom. The Kier molecular flexibility index (Phi) is 5.84. The molecule has 0 heterocycles. The van der Waals surface area contributed by atoms with Crippen molar-refractivity contribution in [1.29, 1.82) is 0 Å². The fourth-order valence-electron chi connectivity index (χ4n) is 3.14. The van der Waals surface area contributed by atoms with Gasteiger partial charge in [-0.2, -0.15) is 0 Å². The van der Waals surface area contributed by atoms with E-state index in [9.17, 15) is 4.79 Å². The van der Waals surface area contributed by atoms with Gasteiger partial charge in [0, 0.05) is 6.04 Å². The van der Waals surface area contributed by atoms with Crippen LogP contribution in [0.5, 0.6) is 0 Å². The molecule has 1 amide bonds. The van der Waals surface area contributed by atoms with Crippen molar-refractivity contribution in [1.82, 2.24) is 5.32 Å². The number of carbonyl (C=O) groups excluding carboxylic acids is 1. The molecule has 2 rings (SSSR count). The van der Waals surface area contributed by atoms with Crippen molar-refractivity contribution in [3.8, 4) is 0 Å². The summed E-state index contributed by atoms with van der Waals surface area (Å²) in [6, 6.07) is 8.96. The zero-order chi connectivity index (χ0) is 15.2. The lowest BCUT2D eigenvalue weighted by Gasteiger charge is -2.24. The molecule has 1 aliphatic rings. The molecular weight excluding hydrogens is 258 g/mol. The molecule has 1 saturated carbocycles. The number of hydrogen-bond donors (Lipinski definition) is 1. The van der Waals surface area contributed by atoms with Gasteiger partial charge in [-0.05, 0) is 43.2 Å². The van der Waals surface area contributed by atoms with E-state index in [4.69, 9.17) is 0 Å². The third-order valence-corrected chi connectivity index (χ3v) is 4.47. The highest BCUT2D eigenvalue weighted by Crippen LogP contribution is 2.21. The summed E-state index contributed by atoms with van der Waals surface area (Å²) in [5.41, 5.74) is 2.48. The predicted molar refractivity (Wildman–Crippen MR) is 88.4 cm³/mol. The van der Waals surface area contributed by atoms with Crippen LogP contribution in [0, 0.1) is 5.92 Å². The monoisotopic (exact) mass is 287 g/mol. The maximum Gasteiger partial charge on any atom is 0.227 e. The normalized spacial score (nSPS) is 17.7. The fraction of sp³-hybridized carbons (Fsp3) is 0.632. The first-order valence-electron chi connectivity index (χ1n) is 8.45. The smallest absolute Gasteiger partial charge is 0.227 e. The van der Waals surface area contributed by atoms with Crippen LogP contribution < -0.4 is 5.32 Å². The summed E-state index contributed by atoms with van der Waals surface area (Å²) in [7, 11) is 0. The molecule has 1 atom stereocenters. The molecule has 0 aromatic heterocycles. The average Bonchev–Trinajstić information content (AvgIpc) is 2.47. The van der Waals surface area contributed by atoms with Gasteiger partial charge < -0.3 is 5.32 Å². The molecular formula is C19H29NO. The zero-order valence-corrected chi connectivity index (χ0v) is 13.7. The van der Waals surface area contributed by atoms with Gasteiger partial charge in [0.2, 0.25) is 5.91 Å². The van der Waals surface area contributed by atoms with E-state index in [1.54, 1.807) is 0 Å². The lowest BCUT2D eigenvalue weighted by molar-refractivity contribution is -0.123. The summed E-state index contributed by atoms with van der Waals surface area (Å²) >= 11 is 0. The van der Waals surface area contributed by atoms with E-state index >= 15 is 0 Å². The first kappa shape index (κ1) is 16.1. The highest BCUT2D eigenvalue weighted by atomic mass is 16.1. The molecule has 2 nitrogen and oxygen atoms in total. The lowest BCUT2D eigenvalue weighted by Crippen LogP contribution is -2.38. The minimum absolute atomic E-state index is 0.0555. The molecule has 1 N–H and O–H groups in total. The second-order valence-electron chi connectivity index (χ2n) is 6.90. The van der Waals surface area contributed by atoms with Crippen LogP contribution in [0.3, 0.4) is 0 Å². The third kappa shape index (κ3) is 4.87. The number of nitrogens with one attached hydrogen (secondary N) is 1. The molecule has 0 spiro atoms. The van der Waals surface area contributed by atoms with Gasteiger partial charge in [-0.25, -0.2) is 0 Å². The second-order valence-corrected chi connectivity index (χ2v) is 6.90. The zero-order valence-electron chi connectivity index (χ0n) is 13.7. The minimum Gasteiger partial charge on any atom is -0.353 e. The minimum atomic E-state index is -0.0555. The van der Waals surface area contributed by atoms with Crippen molar-refractivity contribution in [2.24, 2.45) is 5.92 Å². The van der Waals surface area contributed by atoms with Gasteiger partial charge in [-0.3, -0.25) is 4.79 Å². The SMILES string of the molecule is CC(C)Cc1ccc([C@@H](C)C(=O)NC2CCCCC2)cc1. The van der Waals surface area contributed by atoms with Gasteiger partial charge in [-0.1, -0.05) is 57.4 Å². The highest BCUT2D eigenvalue weighted by Gasteiger charge is 2.20. The predicted octanol–water partition coefficient (Wildman–Crippen LogP) is 4.44. The van der Waals surface area contributed by atoms with Crippen LogP contribution in [0.15, 0.2) is 24.3 Å². The van der Waals surface area contributed by atoms with Gasteiger partial charge in [0.25, 0.3) is 0 Å². The summed E-state index contributed by atoms with van der Waals surface area (Å²) < 4.78 is 0. The van der Waals surface area contributed by atoms with E-state index in [0.717, 1.165) is 24.8 Å². The molecule has 1 aromatic carbocycles. The second kappa shape index (κ2) is 7.63. The molecule has 1 aliphatic carbocycles. The molecule has 0 unspecified atom stereocenters. The van der Waals surface area contributed by atoms with E-state index in [1.807, 2.05) is 6.92 Å². The number of hydrogen-bond acceptors (Lipinski definition) is 1. The first-order chi connectivity index (χ1) is 10.1. The van der Waals surface area contributed by atoms with E-state index in [-0.39, 0.29) is 11.8 Å². The Balaban J connectivity index is 1.91.